The summed E-state index contributed by atoms with van der Waals surface area (Å²) in [6.07, 6.45) is 3.50. The Labute approximate surface area is 258 Å². The smallest absolute Gasteiger partial charge is 0.339 e. The van der Waals surface area contributed by atoms with Crippen molar-refractivity contribution in [3.63, 3.8) is 0 Å². The van der Waals surface area contributed by atoms with E-state index >= 15 is 0 Å². The third-order valence-corrected chi connectivity index (χ3v) is 8.66. The van der Waals surface area contributed by atoms with Crippen LogP contribution < -0.4 is 15.1 Å². The van der Waals surface area contributed by atoms with Gasteiger partial charge in [-0.05, 0) is 71.2 Å². The van der Waals surface area contributed by atoms with E-state index in [0.29, 0.717) is 45.3 Å². The summed E-state index contributed by atoms with van der Waals surface area (Å²) >= 11 is 0. The first-order valence-electron chi connectivity index (χ1n) is 14.7. The predicted octanol–water partition coefficient (Wildman–Crippen LogP) is 6.99. The van der Waals surface area contributed by atoms with Crippen molar-refractivity contribution in [1.29, 1.82) is 0 Å². The highest BCUT2D eigenvalue weighted by Gasteiger charge is 2.35. The number of pyridine rings is 1. The Bertz CT molecular complexity index is 2100. The number of hydrogen-bond acceptors (Lipinski definition) is 9. The van der Waals surface area contributed by atoms with E-state index in [1.54, 1.807) is 0 Å². The summed E-state index contributed by atoms with van der Waals surface area (Å²) < 4.78 is 22.2. The lowest BCUT2D eigenvalue weighted by molar-refractivity contribution is 0.0473. The molecule has 3 aromatic carbocycles. The molecule has 1 aliphatic heterocycles. The molecular weight excluding hydrogens is 574 g/mol. The van der Waals surface area contributed by atoms with Gasteiger partial charge in [-0.25, -0.2) is 14.6 Å². The zero-order chi connectivity index (χ0) is 31.5. The van der Waals surface area contributed by atoms with Crippen LogP contribution in [0.4, 0.5) is 0 Å². The molecule has 0 fully saturated rings. The van der Waals surface area contributed by atoms with Gasteiger partial charge in [0.2, 0.25) is 6.79 Å². The van der Waals surface area contributed by atoms with Crippen LogP contribution in [-0.2, 0) is 17.8 Å². The van der Waals surface area contributed by atoms with Crippen molar-refractivity contribution < 1.29 is 33.6 Å². The van der Waals surface area contributed by atoms with E-state index in [1.807, 2.05) is 42.5 Å². The zero-order valence-electron chi connectivity index (χ0n) is 25.0. The third kappa shape index (κ3) is 5.24. The molecule has 3 heterocycles. The maximum Gasteiger partial charge on any atom is 0.339 e. The van der Waals surface area contributed by atoms with Gasteiger partial charge in [0, 0.05) is 28.5 Å². The molecule has 1 atom stereocenters. The SMILES string of the molecule is CC(C)(C)[C@@H]1C/C(=C/c2ccc3c(c2)OCO3)c2nc3ccccc3c(C(=O)OCc3cc(=O)oc4cc(O)c(O)cc34)c2C1. The molecule has 228 valence electrons. The highest BCUT2D eigenvalue weighted by atomic mass is 16.7. The first-order valence-corrected chi connectivity index (χ1v) is 14.7. The first kappa shape index (κ1) is 28.5. The van der Waals surface area contributed by atoms with Crippen molar-refractivity contribution in [1.82, 2.24) is 4.98 Å². The molecule has 0 amide bonds. The Hall–Kier alpha value is -5.31. The van der Waals surface area contributed by atoms with Gasteiger partial charge in [-0.1, -0.05) is 45.0 Å². The largest absolute Gasteiger partial charge is 0.504 e. The topological polar surface area (TPSA) is 128 Å². The van der Waals surface area contributed by atoms with Crippen LogP contribution in [0, 0.1) is 11.3 Å². The number of fused-ring (bicyclic) bond motifs is 4. The summed E-state index contributed by atoms with van der Waals surface area (Å²) in [7, 11) is 0. The van der Waals surface area contributed by atoms with Crippen molar-refractivity contribution >= 4 is 39.5 Å². The Kier molecular flexibility index (Phi) is 6.76. The number of phenols is 2. The van der Waals surface area contributed by atoms with Crippen LogP contribution in [0.5, 0.6) is 23.0 Å². The molecule has 0 saturated carbocycles. The van der Waals surface area contributed by atoms with E-state index in [0.717, 1.165) is 34.9 Å². The number of rotatable bonds is 4. The number of carbonyl (C=O) groups excluding carboxylic acids is 1. The number of aromatic nitrogens is 1. The number of hydrogen-bond donors (Lipinski definition) is 2. The van der Waals surface area contributed by atoms with E-state index in [1.165, 1.54) is 12.1 Å². The summed E-state index contributed by atoms with van der Waals surface area (Å²) in [6.45, 7) is 6.54. The van der Waals surface area contributed by atoms with E-state index in [-0.39, 0.29) is 36.1 Å². The molecule has 0 bridgehead atoms. The summed E-state index contributed by atoms with van der Waals surface area (Å²) in [5.41, 5.74) is 4.31. The van der Waals surface area contributed by atoms with Crippen molar-refractivity contribution in [3.8, 4) is 23.0 Å². The fourth-order valence-corrected chi connectivity index (χ4v) is 6.16. The van der Waals surface area contributed by atoms with Crippen molar-refractivity contribution in [3.05, 3.63) is 99.0 Å². The number of benzene rings is 3. The highest BCUT2D eigenvalue weighted by Crippen LogP contribution is 2.45. The monoisotopic (exact) mass is 605 g/mol. The molecule has 1 aliphatic carbocycles. The molecular formula is C36H31NO8. The Morgan fingerprint density at radius 2 is 1.76 bits per heavy atom. The summed E-state index contributed by atoms with van der Waals surface area (Å²) in [4.78, 5) is 31.5. The summed E-state index contributed by atoms with van der Waals surface area (Å²) in [5.74, 6) is 0.249. The van der Waals surface area contributed by atoms with Crippen LogP contribution in [0.15, 0.2) is 69.9 Å². The molecule has 2 aromatic heterocycles. The summed E-state index contributed by atoms with van der Waals surface area (Å²) in [5, 5.41) is 21.0. The molecule has 0 saturated heterocycles. The van der Waals surface area contributed by atoms with Gasteiger partial charge in [0.1, 0.15) is 12.2 Å². The fraction of sp³-hybridized carbons (Fsp3) is 0.250. The molecule has 2 N–H and O–H groups in total. The molecule has 45 heavy (non-hydrogen) atoms. The molecule has 0 radical (unpaired) electrons. The maximum atomic E-state index is 14.1. The fourth-order valence-electron chi connectivity index (χ4n) is 6.16. The highest BCUT2D eigenvalue weighted by molar-refractivity contribution is 6.07. The van der Waals surface area contributed by atoms with Gasteiger partial charge in [0.25, 0.3) is 0 Å². The zero-order valence-corrected chi connectivity index (χ0v) is 25.0. The average Bonchev–Trinajstić information content (AvgIpc) is 3.47. The summed E-state index contributed by atoms with van der Waals surface area (Å²) in [6, 6.07) is 17.0. The third-order valence-electron chi connectivity index (χ3n) is 8.66. The van der Waals surface area contributed by atoms with Crippen LogP contribution >= 0.6 is 0 Å². The van der Waals surface area contributed by atoms with Crippen LogP contribution in [-0.4, -0.2) is 28.0 Å². The second kappa shape index (κ2) is 10.7. The molecule has 5 aromatic rings. The minimum atomic E-state index is -0.670. The van der Waals surface area contributed by atoms with Crippen LogP contribution in [0.2, 0.25) is 0 Å². The molecule has 2 aliphatic rings. The molecule has 9 nitrogen and oxygen atoms in total. The van der Waals surface area contributed by atoms with Crippen LogP contribution in [0.1, 0.15) is 59.9 Å². The lowest BCUT2D eigenvalue weighted by atomic mass is 9.69. The lowest BCUT2D eigenvalue weighted by Crippen LogP contribution is -2.28. The maximum absolute atomic E-state index is 14.1. The standard InChI is InChI=1S/C36H31NO8/c1-36(2,3)22-12-20(10-19-8-9-29-31(11-19)44-18-43-29)34-25(14-22)33(23-6-4-5-7-26(23)37-34)35(41)42-17-21-13-32(40)45-30-16-28(39)27(38)15-24(21)30/h4-11,13,15-16,22,38-39H,12,14,17-18H2,1-3H3/b20-10-/t22-/m1/s1. The molecule has 9 heteroatoms. The normalized spacial score (nSPS) is 16.7. The minimum Gasteiger partial charge on any atom is -0.504 e. The number of para-hydroxylation sites is 1. The Morgan fingerprint density at radius 1 is 0.978 bits per heavy atom. The molecule has 0 spiro atoms. The van der Waals surface area contributed by atoms with Gasteiger partial charge in [-0.2, -0.15) is 0 Å². The van der Waals surface area contributed by atoms with E-state index < -0.39 is 17.3 Å². The number of nitrogens with zero attached hydrogens (tertiary/aromatic N) is 1. The van der Waals surface area contributed by atoms with Gasteiger partial charge in [-0.15, -0.1) is 0 Å². The molecule has 7 rings (SSSR count). The number of esters is 1. The number of allylic oxidation sites excluding steroid dienone is 1. The van der Waals surface area contributed by atoms with Gasteiger partial charge < -0.3 is 28.8 Å². The number of phenolic OH excluding ortho intramolecular Hbond substituents is 2. The van der Waals surface area contributed by atoms with E-state index in [2.05, 4.69) is 26.8 Å². The van der Waals surface area contributed by atoms with Crippen LogP contribution in [0.3, 0.4) is 0 Å². The van der Waals surface area contributed by atoms with Gasteiger partial charge in [0.05, 0.1) is 16.8 Å². The molecule has 0 unspecified atom stereocenters. The van der Waals surface area contributed by atoms with E-state index in [4.69, 9.17) is 23.6 Å². The predicted molar refractivity (Wildman–Crippen MR) is 168 cm³/mol. The lowest BCUT2D eigenvalue weighted by Gasteiger charge is -2.36. The Morgan fingerprint density at radius 3 is 2.58 bits per heavy atom. The number of aromatic hydroxyl groups is 2. The van der Waals surface area contributed by atoms with Crippen LogP contribution in [0.25, 0.3) is 33.5 Å². The second-order valence-electron chi connectivity index (χ2n) is 12.6. The van der Waals surface area contributed by atoms with Gasteiger partial charge >= 0.3 is 11.6 Å². The van der Waals surface area contributed by atoms with Crippen molar-refractivity contribution in [2.45, 2.75) is 40.2 Å². The Balaban J connectivity index is 1.34. The van der Waals surface area contributed by atoms with Gasteiger partial charge in [-0.3, -0.25) is 0 Å². The van der Waals surface area contributed by atoms with Crippen molar-refractivity contribution in [2.75, 3.05) is 6.79 Å². The van der Waals surface area contributed by atoms with Gasteiger partial charge in [0.15, 0.2) is 23.0 Å². The average molecular weight is 606 g/mol. The first-order chi connectivity index (χ1) is 21.5. The van der Waals surface area contributed by atoms with Crippen molar-refractivity contribution in [2.24, 2.45) is 11.3 Å². The van der Waals surface area contributed by atoms with E-state index in [9.17, 15) is 19.8 Å². The quantitative estimate of drug-likeness (QED) is 0.127. The minimum absolute atomic E-state index is 0.0664. The second-order valence-corrected chi connectivity index (χ2v) is 12.6. The number of carbonyl (C=O) groups is 1. The number of ether oxygens (including phenoxy) is 3.